The molecule has 1 aliphatic heterocycles. The molecular formula is C9H10GaN2. The molecule has 59 valence electrons. The second-order valence-corrected chi connectivity index (χ2v) is 4.46. The predicted octanol–water partition coefficient (Wildman–Crippen LogP) is 0.944. The SMILES string of the molecule is [GaH][N]1CCC=C1c1ccccn1. The number of rotatable bonds is 1. The standard InChI is InChI=1S/C9H9N2.Ga.H/c1-2-6-10-8(4-1)9-5-3-7-11-9;;/h1-2,4-6H,3,7H2;;/q-1;+1;. The predicted molar refractivity (Wildman–Crippen MR) is 50.7 cm³/mol. The molecule has 0 aliphatic carbocycles. The Hall–Kier alpha value is -0.674. The van der Waals surface area contributed by atoms with Crippen molar-refractivity contribution >= 4 is 24.5 Å². The van der Waals surface area contributed by atoms with E-state index in [0.29, 0.717) is 0 Å². The number of nitrogens with zero attached hydrogens (tertiary/aromatic N) is 2. The molecule has 2 rings (SSSR count). The van der Waals surface area contributed by atoms with Gasteiger partial charge in [-0.2, -0.15) is 0 Å². The van der Waals surface area contributed by atoms with Crippen LogP contribution in [-0.4, -0.2) is 34.0 Å². The molecule has 3 heteroatoms. The Balaban J connectivity index is 2.31. The maximum atomic E-state index is 4.32. The van der Waals surface area contributed by atoms with Gasteiger partial charge in [-0.15, -0.1) is 0 Å². The molecule has 2 heterocycles. The van der Waals surface area contributed by atoms with Crippen LogP contribution in [0, 0.1) is 0 Å². The molecule has 0 bridgehead atoms. The van der Waals surface area contributed by atoms with Gasteiger partial charge >= 0.3 is 82.3 Å². The summed E-state index contributed by atoms with van der Waals surface area (Å²) in [6, 6.07) is 6.06. The first-order valence-corrected chi connectivity index (χ1v) is 5.40. The van der Waals surface area contributed by atoms with Crippen molar-refractivity contribution in [1.29, 1.82) is 0 Å². The summed E-state index contributed by atoms with van der Waals surface area (Å²) >= 11 is 1.20. The second kappa shape index (κ2) is 3.37. The Morgan fingerprint density at radius 3 is 2.92 bits per heavy atom. The van der Waals surface area contributed by atoms with Crippen LogP contribution in [0.15, 0.2) is 30.5 Å². The van der Waals surface area contributed by atoms with Crippen molar-refractivity contribution in [2.24, 2.45) is 0 Å². The van der Waals surface area contributed by atoms with Gasteiger partial charge in [0.05, 0.1) is 0 Å². The molecule has 0 saturated heterocycles. The fourth-order valence-corrected chi connectivity index (χ4v) is 2.38. The topological polar surface area (TPSA) is 16.1 Å². The number of hydrogen-bond donors (Lipinski definition) is 0. The van der Waals surface area contributed by atoms with Gasteiger partial charge in [-0.1, -0.05) is 0 Å². The van der Waals surface area contributed by atoms with Gasteiger partial charge in [0.25, 0.3) is 0 Å². The van der Waals surface area contributed by atoms with E-state index in [-0.39, 0.29) is 0 Å². The van der Waals surface area contributed by atoms with E-state index < -0.39 is 0 Å². The Kier molecular flexibility index (Phi) is 2.23. The maximum absolute atomic E-state index is 4.32. The molecule has 1 aromatic heterocycles. The van der Waals surface area contributed by atoms with Crippen LogP contribution >= 0.6 is 0 Å². The summed E-state index contributed by atoms with van der Waals surface area (Å²) in [6.07, 6.45) is 5.29. The first kappa shape index (κ1) is 7.95. The molecule has 0 atom stereocenters. The van der Waals surface area contributed by atoms with Crippen LogP contribution in [-0.2, 0) is 0 Å². The van der Waals surface area contributed by atoms with Crippen LogP contribution < -0.4 is 0 Å². The zero-order valence-electron chi connectivity index (χ0n) is 6.90. The third-order valence-electron chi connectivity index (χ3n) is 2.00. The number of hydrogen-bond acceptors (Lipinski definition) is 2. The minimum absolute atomic E-state index is 1.11. The summed E-state index contributed by atoms with van der Waals surface area (Å²) < 4.78 is 2.36. The van der Waals surface area contributed by atoms with Crippen molar-refractivity contribution < 1.29 is 0 Å². The number of pyridine rings is 1. The van der Waals surface area contributed by atoms with Crippen LogP contribution in [0.3, 0.4) is 0 Å². The van der Waals surface area contributed by atoms with E-state index >= 15 is 0 Å². The molecule has 0 spiro atoms. The Labute approximate surface area is 82.5 Å². The summed E-state index contributed by atoms with van der Waals surface area (Å²) in [5, 5.41) is 0. The zero-order chi connectivity index (χ0) is 8.39. The average molecular weight is 216 g/mol. The summed E-state index contributed by atoms with van der Waals surface area (Å²) in [5.41, 5.74) is 2.43. The third kappa shape index (κ3) is 1.42. The summed E-state index contributed by atoms with van der Waals surface area (Å²) in [6.45, 7) is 1.17. The van der Waals surface area contributed by atoms with E-state index in [1.54, 1.807) is 0 Å². The van der Waals surface area contributed by atoms with Crippen LogP contribution in [0.5, 0.6) is 0 Å². The molecule has 1 aromatic rings. The Bertz CT molecular complexity index is 295. The molecular weight excluding hydrogens is 206 g/mol. The van der Waals surface area contributed by atoms with E-state index in [4.69, 9.17) is 0 Å². The van der Waals surface area contributed by atoms with E-state index in [0.717, 1.165) is 5.69 Å². The van der Waals surface area contributed by atoms with Gasteiger partial charge in [-0.25, -0.2) is 0 Å². The quantitative estimate of drug-likeness (QED) is 0.649. The molecule has 0 amide bonds. The molecule has 12 heavy (non-hydrogen) atoms. The minimum atomic E-state index is 1.11. The molecule has 0 aromatic carbocycles. The van der Waals surface area contributed by atoms with Gasteiger partial charge in [-0.05, 0) is 0 Å². The Morgan fingerprint density at radius 2 is 2.33 bits per heavy atom. The van der Waals surface area contributed by atoms with Gasteiger partial charge in [0, 0.05) is 0 Å². The van der Waals surface area contributed by atoms with Gasteiger partial charge in [0.1, 0.15) is 0 Å². The van der Waals surface area contributed by atoms with Crippen LogP contribution in [0.4, 0.5) is 0 Å². The van der Waals surface area contributed by atoms with Gasteiger partial charge in [-0.3, -0.25) is 0 Å². The summed E-state index contributed by atoms with van der Waals surface area (Å²) in [7, 11) is 0. The summed E-state index contributed by atoms with van der Waals surface area (Å²) in [5.74, 6) is 0. The van der Waals surface area contributed by atoms with E-state index in [2.05, 4.69) is 20.7 Å². The van der Waals surface area contributed by atoms with Gasteiger partial charge in [0.2, 0.25) is 0 Å². The van der Waals surface area contributed by atoms with Crippen molar-refractivity contribution in [2.45, 2.75) is 6.42 Å². The fraction of sp³-hybridized carbons (Fsp3) is 0.222. The second-order valence-electron chi connectivity index (χ2n) is 2.86. The number of aromatic nitrogens is 1. The van der Waals surface area contributed by atoms with Crippen molar-refractivity contribution in [1.82, 2.24) is 8.59 Å². The molecule has 0 N–H and O–H groups in total. The molecule has 1 aliphatic rings. The van der Waals surface area contributed by atoms with Crippen LogP contribution in [0.25, 0.3) is 5.70 Å². The average Bonchev–Trinajstić information content (AvgIpc) is 2.53. The first-order valence-electron chi connectivity index (χ1n) is 4.07. The fourth-order valence-electron chi connectivity index (χ4n) is 1.39. The van der Waals surface area contributed by atoms with E-state index in [1.165, 1.54) is 37.5 Å². The summed E-state index contributed by atoms with van der Waals surface area (Å²) in [4.78, 5) is 4.32. The van der Waals surface area contributed by atoms with E-state index in [1.807, 2.05) is 18.3 Å². The van der Waals surface area contributed by atoms with Gasteiger partial charge in [0.15, 0.2) is 0 Å². The monoisotopic (exact) mass is 215 g/mol. The van der Waals surface area contributed by atoms with Crippen molar-refractivity contribution in [3.05, 3.63) is 36.2 Å². The third-order valence-corrected chi connectivity index (χ3v) is 3.38. The molecule has 2 nitrogen and oxygen atoms in total. The van der Waals surface area contributed by atoms with E-state index in [9.17, 15) is 0 Å². The molecule has 0 unspecified atom stereocenters. The van der Waals surface area contributed by atoms with Gasteiger partial charge < -0.3 is 0 Å². The Morgan fingerprint density at radius 1 is 1.42 bits per heavy atom. The first-order chi connectivity index (χ1) is 5.88. The molecule has 0 fully saturated rings. The van der Waals surface area contributed by atoms with Crippen molar-refractivity contribution in [3.8, 4) is 0 Å². The molecule has 0 saturated carbocycles. The van der Waals surface area contributed by atoms with Crippen LogP contribution in [0.1, 0.15) is 12.1 Å². The van der Waals surface area contributed by atoms with Crippen LogP contribution in [0.2, 0.25) is 0 Å². The van der Waals surface area contributed by atoms with Crippen molar-refractivity contribution in [2.75, 3.05) is 6.54 Å². The normalized spacial score (nSPS) is 16.3. The zero-order valence-corrected chi connectivity index (χ0v) is 9.87. The molecule has 1 radical (unpaired) electrons. The van der Waals surface area contributed by atoms with Crippen molar-refractivity contribution in [3.63, 3.8) is 0 Å².